The van der Waals surface area contributed by atoms with Crippen LogP contribution >= 0.6 is 0 Å². The van der Waals surface area contributed by atoms with Crippen LogP contribution in [0, 0.1) is 0 Å². The second kappa shape index (κ2) is 6.28. The number of benzene rings is 1. The molecule has 1 aromatic carbocycles. The van der Waals surface area contributed by atoms with Gasteiger partial charge in [0.25, 0.3) is 0 Å². The molecule has 0 atom stereocenters. The molecule has 0 saturated heterocycles. The first-order valence-electron chi connectivity index (χ1n) is 4.00. The molecule has 0 radical (unpaired) electrons. The Bertz CT molecular complexity index is 345. The minimum Gasteiger partial charge on any atom is -0.550 e. The van der Waals surface area contributed by atoms with Gasteiger partial charge in [-0.25, -0.2) is 0 Å². The molecular formula is C10H9LiO4. The maximum atomic E-state index is 11.2. The molecule has 0 aliphatic rings. The van der Waals surface area contributed by atoms with Gasteiger partial charge in [0, 0.05) is 11.5 Å². The van der Waals surface area contributed by atoms with Crippen LogP contribution in [0.15, 0.2) is 24.3 Å². The van der Waals surface area contributed by atoms with E-state index in [4.69, 9.17) is 4.74 Å². The smallest absolute Gasteiger partial charge is 0.550 e. The van der Waals surface area contributed by atoms with E-state index in [1.54, 1.807) is 12.1 Å². The zero-order valence-electron chi connectivity index (χ0n) is 8.65. The summed E-state index contributed by atoms with van der Waals surface area (Å²) in [7, 11) is 1.51. The van der Waals surface area contributed by atoms with E-state index in [1.165, 1.54) is 19.2 Å². The third-order valence-corrected chi connectivity index (χ3v) is 1.72. The summed E-state index contributed by atoms with van der Waals surface area (Å²) in [5.74, 6) is -1.21. The summed E-state index contributed by atoms with van der Waals surface area (Å²) in [4.78, 5) is 21.3. The van der Waals surface area contributed by atoms with Crippen molar-refractivity contribution >= 4 is 11.8 Å². The van der Waals surface area contributed by atoms with E-state index in [2.05, 4.69) is 0 Å². The monoisotopic (exact) mass is 200 g/mol. The van der Waals surface area contributed by atoms with Crippen molar-refractivity contribution in [1.29, 1.82) is 0 Å². The average Bonchev–Trinajstić information content (AvgIpc) is 2.17. The molecule has 0 bridgehead atoms. The fraction of sp³-hybridized carbons (Fsp3) is 0.200. The Morgan fingerprint density at radius 2 is 1.80 bits per heavy atom. The summed E-state index contributed by atoms with van der Waals surface area (Å²) in [5.41, 5.74) is 0.343. The number of hydrogen-bond acceptors (Lipinski definition) is 4. The molecule has 1 aromatic rings. The normalized spacial score (nSPS) is 8.87. The van der Waals surface area contributed by atoms with Gasteiger partial charge in [-0.1, -0.05) is 0 Å². The van der Waals surface area contributed by atoms with Crippen LogP contribution in [-0.4, -0.2) is 18.9 Å². The van der Waals surface area contributed by atoms with E-state index in [-0.39, 0.29) is 18.9 Å². The van der Waals surface area contributed by atoms with Gasteiger partial charge in [-0.3, -0.25) is 4.79 Å². The molecule has 74 valence electrons. The topological polar surface area (TPSA) is 66.4 Å². The van der Waals surface area contributed by atoms with Crippen LogP contribution in [0.1, 0.15) is 16.8 Å². The van der Waals surface area contributed by atoms with Gasteiger partial charge in [0.15, 0.2) is 5.78 Å². The fourth-order valence-corrected chi connectivity index (χ4v) is 1.01. The Morgan fingerprint density at radius 3 is 2.20 bits per heavy atom. The number of carboxylic acid groups (broad SMARTS) is 1. The van der Waals surface area contributed by atoms with Crippen molar-refractivity contribution in [2.45, 2.75) is 6.42 Å². The Balaban J connectivity index is 0.00000196. The Morgan fingerprint density at radius 1 is 1.27 bits per heavy atom. The SMILES string of the molecule is COc1ccc(C(=O)CC(=O)[O-])cc1.[Li+]. The van der Waals surface area contributed by atoms with Gasteiger partial charge in [0.05, 0.1) is 13.5 Å². The predicted octanol–water partition coefficient (Wildman–Crippen LogP) is -2.98. The van der Waals surface area contributed by atoms with Crippen molar-refractivity contribution in [1.82, 2.24) is 0 Å². The van der Waals surface area contributed by atoms with Crippen LogP contribution in [0.25, 0.3) is 0 Å². The third kappa shape index (κ3) is 4.20. The second-order valence-electron chi connectivity index (χ2n) is 2.70. The van der Waals surface area contributed by atoms with Crippen molar-refractivity contribution in [3.63, 3.8) is 0 Å². The summed E-state index contributed by atoms with van der Waals surface area (Å²) in [6.45, 7) is 0. The number of carboxylic acids is 1. The van der Waals surface area contributed by atoms with E-state index < -0.39 is 18.2 Å². The molecule has 4 nitrogen and oxygen atoms in total. The number of methoxy groups -OCH3 is 1. The number of carbonyl (C=O) groups excluding carboxylic acids is 2. The molecule has 0 saturated carbocycles. The van der Waals surface area contributed by atoms with E-state index in [1.807, 2.05) is 0 Å². The number of Topliss-reactive ketones (excluding diaryl/α,β-unsaturated/α-hetero) is 1. The first kappa shape index (κ1) is 13.8. The summed E-state index contributed by atoms with van der Waals surface area (Å²) < 4.78 is 4.89. The largest absolute Gasteiger partial charge is 1.00 e. The first-order chi connectivity index (χ1) is 6.63. The zero-order chi connectivity index (χ0) is 10.6. The van der Waals surface area contributed by atoms with Gasteiger partial charge >= 0.3 is 18.9 Å². The average molecular weight is 200 g/mol. The number of ether oxygens (including phenoxy) is 1. The Labute approximate surface area is 99.4 Å². The van der Waals surface area contributed by atoms with E-state index in [9.17, 15) is 14.7 Å². The quantitative estimate of drug-likeness (QED) is 0.295. The first-order valence-corrected chi connectivity index (χ1v) is 4.00. The molecule has 0 fully saturated rings. The molecule has 0 heterocycles. The molecule has 0 spiro atoms. The zero-order valence-corrected chi connectivity index (χ0v) is 8.65. The van der Waals surface area contributed by atoms with E-state index in [0.29, 0.717) is 11.3 Å². The summed E-state index contributed by atoms with van der Waals surface area (Å²) >= 11 is 0. The molecule has 0 N–H and O–H groups in total. The minimum absolute atomic E-state index is 0. The number of aliphatic carboxylic acids is 1. The molecule has 0 aliphatic heterocycles. The maximum Gasteiger partial charge on any atom is 1.00 e. The third-order valence-electron chi connectivity index (χ3n) is 1.72. The summed E-state index contributed by atoms with van der Waals surface area (Å²) in [6, 6.07) is 6.24. The van der Waals surface area contributed by atoms with Gasteiger partial charge in [0.2, 0.25) is 0 Å². The standard InChI is InChI=1S/C10H10O4.Li/c1-14-8-4-2-7(3-5-8)9(11)6-10(12)13;/h2-5H,6H2,1H3,(H,12,13);/q;+1/p-1. The van der Waals surface area contributed by atoms with Crippen LogP contribution in [0.2, 0.25) is 0 Å². The number of hydrogen-bond donors (Lipinski definition) is 0. The van der Waals surface area contributed by atoms with Crippen LogP contribution in [0.5, 0.6) is 5.75 Å². The van der Waals surface area contributed by atoms with Gasteiger partial charge < -0.3 is 14.6 Å². The molecule has 0 aliphatic carbocycles. The molecule has 5 heteroatoms. The van der Waals surface area contributed by atoms with Gasteiger partial charge in [-0.05, 0) is 24.3 Å². The van der Waals surface area contributed by atoms with Crippen LogP contribution in [0.4, 0.5) is 0 Å². The Hall–Kier alpha value is -1.24. The van der Waals surface area contributed by atoms with Crippen LogP contribution < -0.4 is 28.7 Å². The van der Waals surface area contributed by atoms with Gasteiger partial charge in [-0.15, -0.1) is 0 Å². The second-order valence-corrected chi connectivity index (χ2v) is 2.70. The maximum absolute atomic E-state index is 11.2. The van der Waals surface area contributed by atoms with Gasteiger partial charge in [0.1, 0.15) is 5.75 Å². The van der Waals surface area contributed by atoms with Crippen molar-refractivity contribution in [3.8, 4) is 5.75 Å². The Kier molecular flexibility index (Phi) is 5.76. The number of ketones is 1. The number of carbonyl (C=O) groups is 2. The fourth-order valence-electron chi connectivity index (χ4n) is 1.01. The van der Waals surface area contributed by atoms with Crippen LogP contribution in [0.3, 0.4) is 0 Å². The molecule has 15 heavy (non-hydrogen) atoms. The molecular weight excluding hydrogens is 191 g/mol. The van der Waals surface area contributed by atoms with Crippen LogP contribution in [-0.2, 0) is 4.79 Å². The van der Waals surface area contributed by atoms with Gasteiger partial charge in [-0.2, -0.15) is 0 Å². The van der Waals surface area contributed by atoms with E-state index >= 15 is 0 Å². The van der Waals surface area contributed by atoms with E-state index in [0.717, 1.165) is 0 Å². The van der Waals surface area contributed by atoms with Crippen molar-refractivity contribution in [2.75, 3.05) is 7.11 Å². The molecule has 1 rings (SSSR count). The minimum atomic E-state index is -1.37. The molecule has 0 amide bonds. The number of rotatable bonds is 4. The molecule has 0 aromatic heterocycles. The molecule has 0 unspecified atom stereocenters. The summed E-state index contributed by atoms with van der Waals surface area (Å²) in [6.07, 6.45) is -0.591. The predicted molar refractivity (Wildman–Crippen MR) is 46.9 cm³/mol. The van der Waals surface area contributed by atoms with Crippen molar-refractivity contribution in [2.24, 2.45) is 0 Å². The van der Waals surface area contributed by atoms with Crippen molar-refractivity contribution < 1.29 is 38.3 Å². The summed E-state index contributed by atoms with van der Waals surface area (Å²) in [5, 5.41) is 10.1. The van der Waals surface area contributed by atoms with Crippen molar-refractivity contribution in [3.05, 3.63) is 29.8 Å².